The highest BCUT2D eigenvalue weighted by Crippen LogP contribution is 2.26. The van der Waals surface area contributed by atoms with E-state index in [1.54, 1.807) is 12.1 Å². The summed E-state index contributed by atoms with van der Waals surface area (Å²) in [5.74, 6) is 1.16. The number of carbonyl (C=O) groups excluding carboxylic acids is 1. The van der Waals surface area contributed by atoms with Gasteiger partial charge in [0.1, 0.15) is 0 Å². The van der Waals surface area contributed by atoms with Gasteiger partial charge in [0.25, 0.3) is 0 Å². The number of ether oxygens (including phenoxy) is 1. The molecule has 0 unspecified atom stereocenters. The predicted octanol–water partition coefficient (Wildman–Crippen LogP) is 3.16. The number of nitrogens with one attached hydrogen (secondary N) is 1. The smallest absolute Gasteiger partial charge is 0.317 e. The molecular weight excluding hydrogens is 292 g/mol. The van der Waals surface area contributed by atoms with Gasteiger partial charge in [0.15, 0.2) is 11.5 Å². The van der Waals surface area contributed by atoms with Gasteiger partial charge in [0.2, 0.25) is 0 Å². The van der Waals surface area contributed by atoms with Crippen molar-refractivity contribution < 1.29 is 14.6 Å². The van der Waals surface area contributed by atoms with E-state index in [-0.39, 0.29) is 11.8 Å². The zero-order valence-electron chi connectivity index (χ0n) is 14.3. The molecule has 1 aromatic rings. The first kappa shape index (κ1) is 17.4. The summed E-state index contributed by atoms with van der Waals surface area (Å²) in [6.45, 7) is 5.74. The molecule has 1 saturated heterocycles. The number of hydrogen-bond acceptors (Lipinski definition) is 3. The highest BCUT2D eigenvalue weighted by atomic mass is 16.5. The third-order valence-corrected chi connectivity index (χ3v) is 4.55. The highest BCUT2D eigenvalue weighted by molar-refractivity contribution is 5.74. The van der Waals surface area contributed by atoms with Crippen LogP contribution in [0, 0.1) is 5.92 Å². The Morgan fingerprint density at radius 3 is 2.91 bits per heavy atom. The van der Waals surface area contributed by atoms with Gasteiger partial charge in [0.05, 0.1) is 7.11 Å². The Morgan fingerprint density at radius 2 is 2.17 bits per heavy atom. The van der Waals surface area contributed by atoms with Crippen LogP contribution >= 0.6 is 0 Å². The van der Waals surface area contributed by atoms with Gasteiger partial charge in [-0.15, -0.1) is 0 Å². The van der Waals surface area contributed by atoms with Crippen molar-refractivity contribution in [1.29, 1.82) is 0 Å². The topological polar surface area (TPSA) is 61.8 Å². The molecule has 1 aromatic carbocycles. The molecule has 1 fully saturated rings. The lowest BCUT2D eigenvalue weighted by Crippen LogP contribution is -2.46. The molecule has 0 radical (unpaired) electrons. The number of urea groups is 1. The van der Waals surface area contributed by atoms with Crippen molar-refractivity contribution in [3.63, 3.8) is 0 Å². The van der Waals surface area contributed by atoms with Crippen LogP contribution in [0.25, 0.3) is 0 Å². The monoisotopic (exact) mass is 320 g/mol. The van der Waals surface area contributed by atoms with Crippen LogP contribution in [0.5, 0.6) is 11.5 Å². The van der Waals surface area contributed by atoms with Gasteiger partial charge in [-0.3, -0.25) is 0 Å². The van der Waals surface area contributed by atoms with Crippen molar-refractivity contribution in [2.45, 2.75) is 45.6 Å². The van der Waals surface area contributed by atoms with Crippen molar-refractivity contribution in [3.8, 4) is 11.5 Å². The Hall–Kier alpha value is -1.91. The van der Waals surface area contributed by atoms with E-state index in [0.717, 1.165) is 18.5 Å². The van der Waals surface area contributed by atoms with Crippen molar-refractivity contribution in [2.75, 3.05) is 20.2 Å². The number of methoxy groups -OCH3 is 1. The maximum Gasteiger partial charge on any atom is 0.317 e. The van der Waals surface area contributed by atoms with Crippen LogP contribution in [-0.4, -0.2) is 42.3 Å². The minimum absolute atomic E-state index is 0.0250. The molecule has 0 spiro atoms. The summed E-state index contributed by atoms with van der Waals surface area (Å²) in [4.78, 5) is 14.4. The summed E-state index contributed by atoms with van der Waals surface area (Å²) in [6.07, 6.45) is 4.17. The fourth-order valence-corrected chi connectivity index (χ4v) is 3.10. The zero-order valence-corrected chi connectivity index (χ0v) is 14.3. The summed E-state index contributed by atoms with van der Waals surface area (Å²) >= 11 is 0. The van der Waals surface area contributed by atoms with Crippen LogP contribution in [0.2, 0.25) is 0 Å². The van der Waals surface area contributed by atoms with Crippen LogP contribution < -0.4 is 10.1 Å². The number of amides is 2. The molecule has 23 heavy (non-hydrogen) atoms. The molecule has 0 aliphatic carbocycles. The molecule has 2 rings (SSSR count). The van der Waals surface area contributed by atoms with E-state index in [4.69, 9.17) is 4.74 Å². The Labute approximate surface area is 138 Å². The van der Waals surface area contributed by atoms with Gasteiger partial charge in [-0.05, 0) is 49.8 Å². The van der Waals surface area contributed by atoms with Crippen LogP contribution in [0.4, 0.5) is 4.79 Å². The fourth-order valence-electron chi connectivity index (χ4n) is 3.10. The minimum atomic E-state index is 0.0250. The minimum Gasteiger partial charge on any atom is -0.504 e. The van der Waals surface area contributed by atoms with Crippen molar-refractivity contribution >= 4 is 6.03 Å². The SMILES string of the molecule is COc1cc(CCNC(=O)N2C[C@@H](C)CCC[C@H]2C)ccc1O. The molecule has 5 nitrogen and oxygen atoms in total. The molecule has 0 bridgehead atoms. The van der Waals surface area contributed by atoms with E-state index in [9.17, 15) is 9.90 Å². The number of aromatic hydroxyl groups is 1. The second-order valence-corrected chi connectivity index (χ2v) is 6.53. The average molecular weight is 320 g/mol. The van der Waals surface area contributed by atoms with Crippen molar-refractivity contribution in [1.82, 2.24) is 10.2 Å². The van der Waals surface area contributed by atoms with Gasteiger partial charge in [0, 0.05) is 19.1 Å². The van der Waals surface area contributed by atoms with Gasteiger partial charge < -0.3 is 20.1 Å². The second kappa shape index (κ2) is 8.09. The number of benzene rings is 1. The van der Waals surface area contributed by atoms with Gasteiger partial charge in [-0.2, -0.15) is 0 Å². The summed E-state index contributed by atoms with van der Waals surface area (Å²) in [5.41, 5.74) is 1.03. The number of phenols is 1. The summed E-state index contributed by atoms with van der Waals surface area (Å²) in [7, 11) is 1.53. The number of likely N-dealkylation sites (tertiary alicyclic amines) is 1. The van der Waals surface area contributed by atoms with E-state index in [1.165, 1.54) is 20.0 Å². The van der Waals surface area contributed by atoms with Crippen LogP contribution in [0.15, 0.2) is 18.2 Å². The lowest BCUT2D eigenvalue weighted by Gasteiger charge is -2.28. The number of rotatable bonds is 4. The third-order valence-electron chi connectivity index (χ3n) is 4.55. The lowest BCUT2D eigenvalue weighted by atomic mass is 10.1. The highest BCUT2D eigenvalue weighted by Gasteiger charge is 2.24. The first-order valence-corrected chi connectivity index (χ1v) is 8.41. The molecule has 0 saturated carbocycles. The Kier molecular flexibility index (Phi) is 6.13. The van der Waals surface area contributed by atoms with Crippen LogP contribution in [-0.2, 0) is 6.42 Å². The molecule has 1 aliphatic heterocycles. The Balaban J connectivity index is 1.86. The summed E-state index contributed by atoms with van der Waals surface area (Å²) in [6, 6.07) is 5.60. The van der Waals surface area contributed by atoms with E-state index in [0.29, 0.717) is 30.7 Å². The van der Waals surface area contributed by atoms with E-state index in [2.05, 4.69) is 19.2 Å². The lowest BCUT2D eigenvalue weighted by molar-refractivity contribution is 0.174. The molecule has 2 N–H and O–H groups in total. The zero-order chi connectivity index (χ0) is 16.8. The molecule has 1 heterocycles. The fraction of sp³-hybridized carbons (Fsp3) is 0.611. The maximum absolute atomic E-state index is 12.4. The number of nitrogens with zero attached hydrogens (tertiary/aromatic N) is 1. The van der Waals surface area contributed by atoms with Gasteiger partial charge in [-0.25, -0.2) is 4.79 Å². The molecular formula is C18H28N2O3. The Morgan fingerprint density at radius 1 is 1.39 bits per heavy atom. The van der Waals surface area contributed by atoms with Crippen molar-refractivity contribution in [2.24, 2.45) is 5.92 Å². The van der Waals surface area contributed by atoms with E-state index >= 15 is 0 Å². The van der Waals surface area contributed by atoms with Crippen LogP contribution in [0.3, 0.4) is 0 Å². The van der Waals surface area contributed by atoms with Crippen LogP contribution in [0.1, 0.15) is 38.7 Å². The largest absolute Gasteiger partial charge is 0.504 e. The standard InChI is InChI=1S/C18H28N2O3/c1-13-5-4-6-14(2)20(12-13)18(22)19-10-9-15-7-8-16(21)17(11-15)23-3/h7-8,11,13-14,21H,4-6,9-10,12H2,1-3H3,(H,19,22)/t13-,14+/m0/s1. The Bertz CT molecular complexity index is 533. The predicted molar refractivity (Wildman–Crippen MR) is 90.9 cm³/mol. The molecule has 0 aromatic heterocycles. The van der Waals surface area contributed by atoms with Gasteiger partial charge in [-0.1, -0.05) is 19.4 Å². The molecule has 2 amide bonds. The third kappa shape index (κ3) is 4.78. The van der Waals surface area contributed by atoms with Crippen molar-refractivity contribution in [3.05, 3.63) is 23.8 Å². The molecule has 128 valence electrons. The number of carbonyl (C=O) groups is 1. The number of phenolic OH excluding ortho intramolecular Hbond substituents is 1. The average Bonchev–Trinajstić information content (AvgIpc) is 2.70. The van der Waals surface area contributed by atoms with E-state index in [1.807, 2.05) is 11.0 Å². The van der Waals surface area contributed by atoms with Gasteiger partial charge >= 0.3 is 6.03 Å². The van der Waals surface area contributed by atoms with E-state index < -0.39 is 0 Å². The first-order valence-electron chi connectivity index (χ1n) is 8.41. The quantitative estimate of drug-likeness (QED) is 0.896. The molecule has 2 atom stereocenters. The second-order valence-electron chi connectivity index (χ2n) is 6.53. The summed E-state index contributed by atoms with van der Waals surface area (Å²) < 4.78 is 5.10. The maximum atomic E-state index is 12.4. The number of hydrogen-bond donors (Lipinski definition) is 2. The normalized spacial score (nSPS) is 21.6. The first-order chi connectivity index (χ1) is 11.0. The molecule has 1 aliphatic rings. The summed E-state index contributed by atoms with van der Waals surface area (Å²) in [5, 5.41) is 12.6. The molecule has 5 heteroatoms.